The molecule has 1 aromatic rings. The molecular weight excluding hydrogens is 238 g/mol. The summed E-state index contributed by atoms with van der Waals surface area (Å²) in [4.78, 5) is 0. The van der Waals surface area contributed by atoms with E-state index in [0.29, 0.717) is 0 Å². The topological polar surface area (TPSA) is 20.2 Å². The fourth-order valence-electron chi connectivity index (χ4n) is 1.17. The van der Waals surface area contributed by atoms with Gasteiger partial charge in [-0.2, -0.15) is 26.3 Å². The number of phenols is 1. The lowest BCUT2D eigenvalue weighted by molar-refractivity contribution is -0.162. The largest absolute Gasteiger partial charge is 0.508 e. The third-order valence-corrected chi connectivity index (χ3v) is 1.95. The molecule has 0 aliphatic rings. The highest BCUT2D eigenvalue weighted by Crippen LogP contribution is 2.42. The number of aromatic hydroxyl groups is 1. The van der Waals surface area contributed by atoms with Crippen molar-refractivity contribution in [3.8, 4) is 5.75 Å². The van der Waals surface area contributed by atoms with Crippen LogP contribution in [0.1, 0.15) is 16.7 Å². The summed E-state index contributed by atoms with van der Waals surface area (Å²) >= 11 is 0. The van der Waals surface area contributed by atoms with E-state index in [1.807, 2.05) is 0 Å². The number of rotatable bonds is 0. The molecule has 0 bridgehead atoms. The molecule has 0 aliphatic carbocycles. The molecule has 0 radical (unpaired) electrons. The number of benzene rings is 1. The van der Waals surface area contributed by atoms with Crippen molar-refractivity contribution in [2.45, 2.75) is 19.3 Å². The van der Waals surface area contributed by atoms with Gasteiger partial charge in [0.25, 0.3) is 0 Å². The van der Waals surface area contributed by atoms with Gasteiger partial charge in [-0.25, -0.2) is 0 Å². The molecule has 0 fully saturated rings. The zero-order valence-electron chi connectivity index (χ0n) is 7.87. The van der Waals surface area contributed by atoms with Crippen LogP contribution in [0.4, 0.5) is 26.3 Å². The first-order valence-electron chi connectivity index (χ1n) is 4.01. The average molecular weight is 244 g/mol. The Hall–Kier alpha value is -1.40. The summed E-state index contributed by atoms with van der Waals surface area (Å²) < 4.78 is 73.8. The quantitative estimate of drug-likeness (QED) is 0.689. The van der Waals surface area contributed by atoms with Gasteiger partial charge >= 0.3 is 12.4 Å². The summed E-state index contributed by atoms with van der Waals surface area (Å²) in [5, 5.41) is 8.99. The SMILES string of the molecule is Cc1cc(C(F)(F)F)c(C(F)(F)F)cc1O. The standard InChI is InChI=1S/C9H6F6O/c1-4-2-5(8(10,11)12)6(3-7(4)16)9(13,14)15/h2-3,16H,1H3. The second-order valence-electron chi connectivity index (χ2n) is 3.18. The van der Waals surface area contributed by atoms with Crippen LogP contribution in [0.5, 0.6) is 5.75 Å². The maximum atomic E-state index is 12.3. The molecule has 16 heavy (non-hydrogen) atoms. The Morgan fingerprint density at radius 2 is 1.25 bits per heavy atom. The molecule has 1 nitrogen and oxygen atoms in total. The van der Waals surface area contributed by atoms with E-state index in [1.165, 1.54) is 0 Å². The van der Waals surface area contributed by atoms with Crippen LogP contribution in [0.2, 0.25) is 0 Å². The molecule has 0 saturated carbocycles. The van der Waals surface area contributed by atoms with Crippen molar-refractivity contribution in [1.29, 1.82) is 0 Å². The molecule has 0 amide bonds. The van der Waals surface area contributed by atoms with Crippen LogP contribution in [0, 0.1) is 6.92 Å². The summed E-state index contributed by atoms with van der Waals surface area (Å²) in [5.74, 6) is -0.819. The normalized spacial score (nSPS) is 12.9. The van der Waals surface area contributed by atoms with E-state index in [-0.39, 0.29) is 17.7 Å². The van der Waals surface area contributed by atoms with Gasteiger partial charge < -0.3 is 5.11 Å². The van der Waals surface area contributed by atoms with Crippen LogP contribution in [-0.2, 0) is 12.4 Å². The van der Waals surface area contributed by atoms with Crippen LogP contribution in [0.25, 0.3) is 0 Å². The van der Waals surface area contributed by atoms with E-state index in [1.54, 1.807) is 0 Å². The molecule has 0 heterocycles. The van der Waals surface area contributed by atoms with E-state index in [4.69, 9.17) is 5.11 Å². The van der Waals surface area contributed by atoms with Gasteiger partial charge in [0.05, 0.1) is 11.1 Å². The molecule has 1 aromatic carbocycles. The zero-order chi connectivity index (χ0) is 12.7. The molecule has 0 aliphatic heterocycles. The fourth-order valence-corrected chi connectivity index (χ4v) is 1.17. The van der Waals surface area contributed by atoms with Crippen molar-refractivity contribution in [2.24, 2.45) is 0 Å². The summed E-state index contributed by atoms with van der Waals surface area (Å²) in [5.41, 5.74) is -3.95. The number of aryl methyl sites for hydroxylation is 1. The van der Waals surface area contributed by atoms with Crippen LogP contribution >= 0.6 is 0 Å². The summed E-state index contributed by atoms with van der Waals surface area (Å²) in [7, 11) is 0. The minimum absolute atomic E-state index is 0.0815. The van der Waals surface area contributed by atoms with E-state index in [9.17, 15) is 26.3 Å². The Morgan fingerprint density at radius 1 is 0.875 bits per heavy atom. The molecule has 0 aromatic heterocycles. The average Bonchev–Trinajstić information content (AvgIpc) is 2.05. The Labute approximate surface area is 86.3 Å². The van der Waals surface area contributed by atoms with E-state index >= 15 is 0 Å². The Balaban J connectivity index is 3.53. The van der Waals surface area contributed by atoms with Crippen LogP contribution in [0.3, 0.4) is 0 Å². The first-order chi connectivity index (χ1) is 7.03. The molecule has 1 N–H and O–H groups in total. The molecule has 0 atom stereocenters. The molecule has 0 unspecified atom stereocenters. The summed E-state index contributed by atoms with van der Waals surface area (Å²) in [6.07, 6.45) is -10.3. The first kappa shape index (κ1) is 12.7. The number of alkyl halides is 6. The maximum Gasteiger partial charge on any atom is 0.417 e. The molecule has 0 saturated heterocycles. The highest BCUT2D eigenvalue weighted by Gasteiger charge is 2.43. The molecule has 90 valence electrons. The third-order valence-electron chi connectivity index (χ3n) is 1.95. The minimum Gasteiger partial charge on any atom is -0.508 e. The zero-order valence-corrected chi connectivity index (χ0v) is 7.87. The van der Waals surface area contributed by atoms with Crippen molar-refractivity contribution in [3.05, 3.63) is 28.8 Å². The van der Waals surface area contributed by atoms with Gasteiger partial charge in [0.15, 0.2) is 0 Å². The highest BCUT2D eigenvalue weighted by molar-refractivity contribution is 5.43. The van der Waals surface area contributed by atoms with Crippen LogP contribution in [-0.4, -0.2) is 5.11 Å². The molecular formula is C9H6F6O. The van der Waals surface area contributed by atoms with E-state index < -0.39 is 29.2 Å². The smallest absolute Gasteiger partial charge is 0.417 e. The molecule has 1 rings (SSSR count). The molecule has 7 heteroatoms. The highest BCUT2D eigenvalue weighted by atomic mass is 19.4. The van der Waals surface area contributed by atoms with E-state index in [0.717, 1.165) is 6.92 Å². The van der Waals surface area contributed by atoms with Gasteiger partial charge in [-0.3, -0.25) is 0 Å². The minimum atomic E-state index is -5.16. The second-order valence-corrected chi connectivity index (χ2v) is 3.18. The predicted octanol–water partition coefficient (Wildman–Crippen LogP) is 3.74. The lowest BCUT2D eigenvalue weighted by atomic mass is 10.0. The molecule has 0 spiro atoms. The fraction of sp³-hybridized carbons (Fsp3) is 0.333. The van der Waals surface area contributed by atoms with Gasteiger partial charge in [0.2, 0.25) is 0 Å². The number of halogens is 6. The second kappa shape index (κ2) is 3.57. The number of phenolic OH excluding ortho intramolecular Hbond substituents is 1. The first-order valence-corrected chi connectivity index (χ1v) is 4.01. The van der Waals surface area contributed by atoms with Gasteiger partial charge in [-0.1, -0.05) is 0 Å². The Bertz CT molecular complexity index is 365. The van der Waals surface area contributed by atoms with Crippen molar-refractivity contribution < 1.29 is 31.4 Å². The van der Waals surface area contributed by atoms with Crippen molar-refractivity contribution in [2.75, 3.05) is 0 Å². The van der Waals surface area contributed by atoms with Gasteiger partial charge in [0, 0.05) is 0 Å². The monoisotopic (exact) mass is 244 g/mol. The van der Waals surface area contributed by atoms with Crippen molar-refractivity contribution in [3.63, 3.8) is 0 Å². The van der Waals surface area contributed by atoms with Gasteiger partial charge in [-0.05, 0) is 24.6 Å². The summed E-state index contributed by atoms with van der Waals surface area (Å²) in [6, 6.07) is 0.357. The van der Waals surface area contributed by atoms with Crippen molar-refractivity contribution in [1.82, 2.24) is 0 Å². The summed E-state index contributed by atoms with van der Waals surface area (Å²) in [6.45, 7) is 1.09. The number of hydrogen-bond donors (Lipinski definition) is 1. The Kier molecular flexibility index (Phi) is 2.82. The van der Waals surface area contributed by atoms with Gasteiger partial charge in [-0.15, -0.1) is 0 Å². The van der Waals surface area contributed by atoms with Crippen LogP contribution in [0.15, 0.2) is 12.1 Å². The Morgan fingerprint density at radius 3 is 1.62 bits per heavy atom. The van der Waals surface area contributed by atoms with E-state index in [2.05, 4.69) is 0 Å². The number of hydrogen-bond acceptors (Lipinski definition) is 1. The third kappa shape index (κ3) is 2.40. The maximum absolute atomic E-state index is 12.3. The van der Waals surface area contributed by atoms with Gasteiger partial charge in [0.1, 0.15) is 5.75 Å². The predicted molar refractivity (Wildman–Crippen MR) is 42.8 cm³/mol. The van der Waals surface area contributed by atoms with Crippen molar-refractivity contribution >= 4 is 0 Å². The van der Waals surface area contributed by atoms with Crippen LogP contribution < -0.4 is 0 Å². The lowest BCUT2D eigenvalue weighted by Gasteiger charge is -2.16. The lowest BCUT2D eigenvalue weighted by Crippen LogP contribution is -2.16.